The van der Waals surface area contributed by atoms with Crippen LogP contribution >= 0.6 is 23.2 Å². The lowest BCUT2D eigenvalue weighted by Gasteiger charge is -2.16. The zero-order chi connectivity index (χ0) is 17.0. The van der Waals surface area contributed by atoms with E-state index in [-0.39, 0.29) is 12.3 Å². The van der Waals surface area contributed by atoms with Gasteiger partial charge < -0.3 is 15.0 Å². The number of aromatic nitrogens is 2. The van der Waals surface area contributed by atoms with Crippen LogP contribution in [0.2, 0.25) is 10.0 Å². The Balaban J connectivity index is 1.99. The molecule has 0 saturated heterocycles. The highest BCUT2D eigenvalue weighted by molar-refractivity contribution is 6.37. The summed E-state index contributed by atoms with van der Waals surface area (Å²) in [5.74, 6) is -0.281. The monoisotopic (exact) mass is 357 g/mol. The van der Waals surface area contributed by atoms with Crippen molar-refractivity contribution in [1.29, 1.82) is 0 Å². The number of H-pyrrole nitrogens is 2. The zero-order valence-electron chi connectivity index (χ0n) is 12.0. The van der Waals surface area contributed by atoms with Crippen LogP contribution in [0.4, 0.5) is 0 Å². The molecule has 9 heteroatoms. The van der Waals surface area contributed by atoms with Crippen LogP contribution in [0.3, 0.4) is 0 Å². The summed E-state index contributed by atoms with van der Waals surface area (Å²) < 4.78 is 5.50. The SMILES string of the molecule is CC(COc1c(Cl)cccc1Cl)NC(=O)c1cc(=O)[nH]c(=O)[nH]1. The Morgan fingerprint density at radius 1 is 1.26 bits per heavy atom. The van der Waals surface area contributed by atoms with Crippen molar-refractivity contribution in [1.82, 2.24) is 15.3 Å². The second-order valence-corrected chi connectivity index (χ2v) is 5.55. The highest BCUT2D eigenvalue weighted by atomic mass is 35.5. The third kappa shape index (κ3) is 4.61. The van der Waals surface area contributed by atoms with E-state index in [9.17, 15) is 14.4 Å². The largest absolute Gasteiger partial charge is 0.488 e. The Labute approximate surface area is 140 Å². The van der Waals surface area contributed by atoms with E-state index >= 15 is 0 Å². The summed E-state index contributed by atoms with van der Waals surface area (Å²) in [6.07, 6.45) is 0. The molecule has 1 aromatic carbocycles. The molecule has 1 heterocycles. The Kier molecular flexibility index (Phi) is 5.46. The Morgan fingerprint density at radius 2 is 1.91 bits per heavy atom. The van der Waals surface area contributed by atoms with E-state index in [1.165, 1.54) is 0 Å². The number of hydrogen-bond donors (Lipinski definition) is 3. The van der Waals surface area contributed by atoms with Gasteiger partial charge in [-0.25, -0.2) is 4.79 Å². The Morgan fingerprint density at radius 3 is 2.52 bits per heavy atom. The Hall–Kier alpha value is -2.25. The van der Waals surface area contributed by atoms with Gasteiger partial charge in [-0.15, -0.1) is 0 Å². The molecular formula is C14H13Cl2N3O4. The summed E-state index contributed by atoms with van der Waals surface area (Å²) in [6.45, 7) is 1.79. The third-order valence-corrected chi connectivity index (χ3v) is 3.37. The predicted molar refractivity (Wildman–Crippen MR) is 86.6 cm³/mol. The van der Waals surface area contributed by atoms with E-state index in [1.54, 1.807) is 25.1 Å². The standard InChI is InChI=1S/C14H13Cl2N3O4/c1-7(6-23-12-8(15)3-2-4-9(12)16)17-13(21)10-5-11(20)19-14(22)18-10/h2-5,7H,6H2,1H3,(H,17,21)(H2,18,19,20,22). The topological polar surface area (TPSA) is 104 Å². The molecule has 1 aromatic heterocycles. The van der Waals surface area contributed by atoms with E-state index in [2.05, 4.69) is 10.3 Å². The molecular weight excluding hydrogens is 345 g/mol. The second-order valence-electron chi connectivity index (χ2n) is 4.74. The summed E-state index contributed by atoms with van der Waals surface area (Å²) >= 11 is 11.9. The molecule has 23 heavy (non-hydrogen) atoms. The van der Waals surface area contributed by atoms with Crippen molar-refractivity contribution < 1.29 is 9.53 Å². The maximum Gasteiger partial charge on any atom is 0.326 e. The van der Waals surface area contributed by atoms with Crippen LogP contribution in [-0.4, -0.2) is 28.5 Å². The minimum absolute atomic E-state index is 0.0998. The molecule has 2 aromatic rings. The minimum atomic E-state index is -0.755. The lowest BCUT2D eigenvalue weighted by molar-refractivity contribution is 0.0921. The van der Waals surface area contributed by atoms with Crippen molar-refractivity contribution in [3.8, 4) is 5.75 Å². The van der Waals surface area contributed by atoms with Crippen LogP contribution in [0.15, 0.2) is 33.9 Å². The number of rotatable bonds is 5. The number of para-hydroxylation sites is 1. The first-order valence-electron chi connectivity index (χ1n) is 6.58. The first kappa shape index (κ1) is 17.1. The number of carbonyl (C=O) groups is 1. The molecule has 122 valence electrons. The Bertz CT molecular complexity index is 783. The maximum atomic E-state index is 12.0. The maximum absolute atomic E-state index is 12.0. The lowest BCUT2D eigenvalue weighted by atomic mass is 10.3. The second kappa shape index (κ2) is 7.34. The number of amides is 1. The molecule has 0 aliphatic heterocycles. The summed E-state index contributed by atoms with van der Waals surface area (Å²) in [7, 11) is 0. The van der Waals surface area contributed by atoms with Crippen LogP contribution in [0.5, 0.6) is 5.75 Å². The van der Waals surface area contributed by atoms with E-state index in [1.807, 2.05) is 4.98 Å². The number of benzene rings is 1. The molecule has 3 N–H and O–H groups in total. The molecule has 0 spiro atoms. The summed E-state index contributed by atoms with van der Waals surface area (Å²) in [5.41, 5.74) is -1.55. The molecule has 0 aliphatic rings. The van der Waals surface area contributed by atoms with Crippen molar-refractivity contribution in [2.24, 2.45) is 0 Å². The molecule has 0 radical (unpaired) electrons. The number of aromatic amines is 2. The fourth-order valence-corrected chi connectivity index (χ4v) is 2.27. The normalized spacial score (nSPS) is 11.8. The average molecular weight is 358 g/mol. The molecule has 1 atom stereocenters. The van der Waals surface area contributed by atoms with Gasteiger partial charge in [-0.1, -0.05) is 29.3 Å². The van der Waals surface area contributed by atoms with Crippen molar-refractivity contribution in [3.63, 3.8) is 0 Å². The number of carbonyl (C=O) groups excluding carboxylic acids is 1. The van der Waals surface area contributed by atoms with Crippen LogP contribution in [0, 0.1) is 0 Å². The smallest absolute Gasteiger partial charge is 0.326 e. The first-order valence-corrected chi connectivity index (χ1v) is 7.33. The van der Waals surface area contributed by atoms with E-state index in [4.69, 9.17) is 27.9 Å². The molecule has 0 fully saturated rings. The van der Waals surface area contributed by atoms with Crippen LogP contribution in [0.25, 0.3) is 0 Å². The quantitative estimate of drug-likeness (QED) is 0.755. The summed E-state index contributed by atoms with van der Waals surface area (Å²) in [4.78, 5) is 38.5. The molecule has 0 saturated carbocycles. The zero-order valence-corrected chi connectivity index (χ0v) is 13.5. The van der Waals surface area contributed by atoms with Gasteiger partial charge in [0.2, 0.25) is 0 Å². The van der Waals surface area contributed by atoms with Gasteiger partial charge in [0, 0.05) is 6.07 Å². The minimum Gasteiger partial charge on any atom is -0.488 e. The van der Waals surface area contributed by atoms with Gasteiger partial charge in [-0.2, -0.15) is 0 Å². The average Bonchev–Trinajstić information content (AvgIpc) is 2.45. The molecule has 0 aliphatic carbocycles. The fraction of sp³-hybridized carbons (Fsp3) is 0.214. The van der Waals surface area contributed by atoms with Gasteiger partial charge >= 0.3 is 5.69 Å². The van der Waals surface area contributed by atoms with Crippen molar-refractivity contribution in [2.75, 3.05) is 6.61 Å². The van der Waals surface area contributed by atoms with Gasteiger partial charge in [0.05, 0.1) is 16.1 Å². The number of halogens is 2. The molecule has 0 bridgehead atoms. The third-order valence-electron chi connectivity index (χ3n) is 2.78. The van der Waals surface area contributed by atoms with E-state index in [0.717, 1.165) is 6.07 Å². The first-order chi connectivity index (χ1) is 10.9. The summed E-state index contributed by atoms with van der Waals surface area (Å²) in [6, 6.07) is 5.53. The van der Waals surface area contributed by atoms with Crippen molar-refractivity contribution in [2.45, 2.75) is 13.0 Å². The molecule has 7 nitrogen and oxygen atoms in total. The van der Waals surface area contributed by atoms with Crippen molar-refractivity contribution in [3.05, 3.63) is 60.8 Å². The van der Waals surface area contributed by atoms with Crippen molar-refractivity contribution >= 4 is 29.1 Å². The van der Waals surface area contributed by atoms with E-state index in [0.29, 0.717) is 15.8 Å². The molecule has 1 unspecified atom stereocenters. The van der Waals surface area contributed by atoms with Crippen LogP contribution in [0.1, 0.15) is 17.4 Å². The van der Waals surface area contributed by atoms with E-state index < -0.39 is 23.2 Å². The highest BCUT2D eigenvalue weighted by Crippen LogP contribution is 2.32. The van der Waals surface area contributed by atoms with Gasteiger partial charge in [-0.3, -0.25) is 14.6 Å². The lowest BCUT2D eigenvalue weighted by Crippen LogP contribution is -2.39. The predicted octanol–water partition coefficient (Wildman–Crippen LogP) is 1.57. The van der Waals surface area contributed by atoms with Crippen LogP contribution in [-0.2, 0) is 0 Å². The molecule has 1 amide bonds. The summed E-state index contributed by atoms with van der Waals surface area (Å²) in [5, 5.41) is 3.30. The highest BCUT2D eigenvalue weighted by Gasteiger charge is 2.14. The number of ether oxygens (including phenoxy) is 1. The molecule has 2 rings (SSSR count). The number of hydrogen-bond acceptors (Lipinski definition) is 4. The number of nitrogens with one attached hydrogen (secondary N) is 3. The van der Waals surface area contributed by atoms with Gasteiger partial charge in [0.1, 0.15) is 12.3 Å². The fourth-order valence-electron chi connectivity index (χ4n) is 1.76. The van der Waals surface area contributed by atoms with Gasteiger partial charge in [0.25, 0.3) is 11.5 Å². The van der Waals surface area contributed by atoms with Gasteiger partial charge in [0.15, 0.2) is 5.75 Å². The van der Waals surface area contributed by atoms with Gasteiger partial charge in [-0.05, 0) is 19.1 Å². The van der Waals surface area contributed by atoms with Crippen LogP contribution < -0.4 is 21.3 Å².